The molecule has 158 valence electrons. The monoisotopic (exact) mass is 414 g/mol. The highest BCUT2D eigenvalue weighted by molar-refractivity contribution is 7.80. The van der Waals surface area contributed by atoms with Crippen LogP contribution in [0.5, 0.6) is 0 Å². The van der Waals surface area contributed by atoms with Crippen LogP contribution in [0.4, 0.5) is 0 Å². The minimum absolute atomic E-state index is 0.0264. The summed E-state index contributed by atoms with van der Waals surface area (Å²) >= 11 is 5.78. The maximum atomic E-state index is 12.8. The molecule has 5 nitrogen and oxygen atoms in total. The summed E-state index contributed by atoms with van der Waals surface area (Å²) in [6.07, 6.45) is 6.20. The van der Waals surface area contributed by atoms with Crippen LogP contribution in [0.15, 0.2) is 23.0 Å². The molecule has 0 bridgehead atoms. The summed E-state index contributed by atoms with van der Waals surface area (Å²) in [4.78, 5) is 20.2. The second-order valence-corrected chi connectivity index (χ2v) is 9.01. The number of aromatic nitrogens is 1. The van der Waals surface area contributed by atoms with E-state index in [1.807, 2.05) is 13.0 Å². The fourth-order valence-corrected chi connectivity index (χ4v) is 4.35. The molecule has 1 fully saturated rings. The number of fused-ring (bicyclic) bond motifs is 1. The molecule has 1 heterocycles. The van der Waals surface area contributed by atoms with Gasteiger partial charge in [0.2, 0.25) is 0 Å². The third kappa shape index (κ3) is 5.58. The van der Waals surface area contributed by atoms with Crippen LogP contribution in [0.1, 0.15) is 48.8 Å². The van der Waals surface area contributed by atoms with E-state index in [0.717, 1.165) is 40.2 Å². The van der Waals surface area contributed by atoms with Crippen molar-refractivity contribution in [3.05, 3.63) is 45.2 Å². The van der Waals surface area contributed by atoms with Gasteiger partial charge in [-0.05, 0) is 70.2 Å². The molecule has 1 aliphatic rings. The van der Waals surface area contributed by atoms with E-state index in [0.29, 0.717) is 12.6 Å². The Kier molecular flexibility index (Phi) is 7.30. The highest BCUT2D eigenvalue weighted by Crippen LogP contribution is 2.21. The van der Waals surface area contributed by atoms with Crippen molar-refractivity contribution < 1.29 is 0 Å². The molecule has 0 aliphatic heterocycles. The lowest BCUT2D eigenvalue weighted by molar-refractivity contribution is 0.314. The van der Waals surface area contributed by atoms with Crippen molar-refractivity contribution in [2.75, 3.05) is 27.2 Å². The average molecular weight is 415 g/mol. The van der Waals surface area contributed by atoms with Crippen LogP contribution in [0.2, 0.25) is 0 Å². The number of likely N-dealkylation sites (N-methyl/N-ethyl adjacent to an activating group) is 1. The number of rotatable bonds is 6. The van der Waals surface area contributed by atoms with Gasteiger partial charge in [-0.15, -0.1) is 0 Å². The topological polar surface area (TPSA) is 51.4 Å². The van der Waals surface area contributed by atoms with Gasteiger partial charge < -0.3 is 20.1 Å². The third-order valence-corrected chi connectivity index (χ3v) is 6.29. The first-order valence-corrected chi connectivity index (χ1v) is 11.1. The summed E-state index contributed by atoms with van der Waals surface area (Å²) in [6.45, 7) is 6.31. The summed E-state index contributed by atoms with van der Waals surface area (Å²) in [5.74, 6) is 0. The predicted molar refractivity (Wildman–Crippen MR) is 126 cm³/mol. The molecule has 1 aromatic heterocycles. The summed E-state index contributed by atoms with van der Waals surface area (Å²) in [7, 11) is 4.12. The third-order valence-electron chi connectivity index (χ3n) is 5.92. The van der Waals surface area contributed by atoms with Gasteiger partial charge in [0.25, 0.3) is 5.56 Å². The Bertz CT molecular complexity index is 915. The maximum Gasteiger partial charge on any atom is 0.253 e. The molecule has 2 N–H and O–H groups in total. The summed E-state index contributed by atoms with van der Waals surface area (Å²) in [5, 5.41) is 5.44. The van der Waals surface area contributed by atoms with E-state index >= 15 is 0 Å². The number of nitrogens with zero attached hydrogens (tertiary/aromatic N) is 2. The van der Waals surface area contributed by atoms with Gasteiger partial charge in [-0.2, -0.15) is 0 Å². The zero-order valence-electron chi connectivity index (χ0n) is 18.2. The molecule has 0 saturated heterocycles. The normalized spacial score (nSPS) is 15.1. The summed E-state index contributed by atoms with van der Waals surface area (Å²) in [6, 6.07) is 6.67. The van der Waals surface area contributed by atoms with Crippen LogP contribution < -0.4 is 10.9 Å². The minimum atomic E-state index is -0.0264. The highest BCUT2D eigenvalue weighted by Gasteiger charge is 2.19. The van der Waals surface area contributed by atoms with Crippen LogP contribution in [-0.4, -0.2) is 53.1 Å². The van der Waals surface area contributed by atoms with Gasteiger partial charge in [0.1, 0.15) is 0 Å². The minimum Gasteiger partial charge on any atom is -0.360 e. The van der Waals surface area contributed by atoms with Gasteiger partial charge in [0.05, 0.1) is 12.1 Å². The molecular formula is C23H34N4OS. The lowest BCUT2D eigenvalue weighted by Crippen LogP contribution is -2.47. The summed E-state index contributed by atoms with van der Waals surface area (Å²) in [5.41, 5.74) is 3.93. The van der Waals surface area contributed by atoms with Gasteiger partial charge in [-0.1, -0.05) is 31.4 Å². The fraction of sp³-hybridized carbons (Fsp3) is 0.565. The van der Waals surface area contributed by atoms with Gasteiger partial charge >= 0.3 is 0 Å². The highest BCUT2D eigenvalue weighted by atomic mass is 32.1. The molecule has 29 heavy (non-hydrogen) atoms. The number of hydrogen-bond acceptors (Lipinski definition) is 3. The van der Waals surface area contributed by atoms with Crippen molar-refractivity contribution in [1.29, 1.82) is 0 Å². The van der Waals surface area contributed by atoms with E-state index in [2.05, 4.69) is 53.3 Å². The van der Waals surface area contributed by atoms with Crippen LogP contribution in [0.3, 0.4) is 0 Å². The van der Waals surface area contributed by atoms with Crippen LogP contribution >= 0.6 is 12.2 Å². The van der Waals surface area contributed by atoms with E-state index in [4.69, 9.17) is 12.2 Å². The molecule has 1 aliphatic carbocycles. The Balaban J connectivity index is 1.84. The van der Waals surface area contributed by atoms with Crippen molar-refractivity contribution in [2.45, 2.75) is 58.5 Å². The molecule has 3 rings (SSSR count). The largest absolute Gasteiger partial charge is 0.360 e. The standard InChI is InChI=1S/C23H34N4OS/c1-16-10-11-17(2)21-20(16)14-18(22(28)25-21)15-27(13-12-26(3)4)23(29)24-19-8-6-5-7-9-19/h10-11,14,19H,5-9,12-13,15H2,1-4H3,(H,24,29)(H,25,28). The Morgan fingerprint density at radius 3 is 2.52 bits per heavy atom. The first-order chi connectivity index (χ1) is 13.8. The molecule has 2 aromatic rings. The SMILES string of the molecule is Cc1ccc(C)c2[nH]c(=O)c(CN(CCN(C)C)C(=S)NC3CCCCC3)cc12. The number of hydrogen-bond donors (Lipinski definition) is 2. The molecule has 0 unspecified atom stereocenters. The Morgan fingerprint density at radius 1 is 1.14 bits per heavy atom. The zero-order chi connectivity index (χ0) is 21.0. The quantitative estimate of drug-likeness (QED) is 0.706. The van der Waals surface area contributed by atoms with E-state index in [9.17, 15) is 4.79 Å². The van der Waals surface area contributed by atoms with Gasteiger partial charge in [-0.3, -0.25) is 4.79 Å². The molecule has 0 spiro atoms. The van der Waals surface area contributed by atoms with Gasteiger partial charge in [-0.25, -0.2) is 0 Å². The Morgan fingerprint density at radius 2 is 1.83 bits per heavy atom. The second-order valence-electron chi connectivity index (χ2n) is 8.62. The van der Waals surface area contributed by atoms with Crippen molar-refractivity contribution >= 4 is 28.2 Å². The second kappa shape index (κ2) is 9.72. The number of aromatic amines is 1. The number of thiocarbonyl (C=S) groups is 1. The maximum absolute atomic E-state index is 12.8. The van der Waals surface area contributed by atoms with Crippen LogP contribution in [0, 0.1) is 13.8 Å². The molecule has 1 aromatic carbocycles. The number of H-pyrrole nitrogens is 1. The van der Waals surface area contributed by atoms with E-state index in [1.165, 1.54) is 37.7 Å². The van der Waals surface area contributed by atoms with E-state index < -0.39 is 0 Å². The van der Waals surface area contributed by atoms with Gasteiger partial charge in [0, 0.05) is 30.1 Å². The molecule has 0 amide bonds. The van der Waals surface area contributed by atoms with Crippen molar-refractivity contribution in [3.63, 3.8) is 0 Å². The fourth-order valence-electron chi connectivity index (χ4n) is 4.03. The van der Waals surface area contributed by atoms with Crippen molar-refractivity contribution in [1.82, 2.24) is 20.1 Å². The lowest BCUT2D eigenvalue weighted by Gasteiger charge is -2.31. The molecular weight excluding hydrogens is 380 g/mol. The first kappa shape index (κ1) is 21.8. The lowest BCUT2D eigenvalue weighted by atomic mass is 9.96. The zero-order valence-corrected chi connectivity index (χ0v) is 19.0. The summed E-state index contributed by atoms with van der Waals surface area (Å²) < 4.78 is 0. The van der Waals surface area contributed by atoms with Gasteiger partial charge in [0.15, 0.2) is 5.11 Å². The number of benzene rings is 1. The molecule has 1 saturated carbocycles. The van der Waals surface area contributed by atoms with E-state index in [1.54, 1.807) is 0 Å². The molecule has 0 atom stereocenters. The molecule has 0 radical (unpaired) electrons. The Labute approximate surface area is 179 Å². The van der Waals surface area contributed by atoms with Crippen molar-refractivity contribution in [3.8, 4) is 0 Å². The Hall–Kier alpha value is -1.92. The number of pyridine rings is 1. The first-order valence-electron chi connectivity index (χ1n) is 10.7. The smallest absolute Gasteiger partial charge is 0.253 e. The number of nitrogens with one attached hydrogen (secondary N) is 2. The average Bonchev–Trinajstić information content (AvgIpc) is 2.69. The van der Waals surface area contributed by atoms with Crippen LogP contribution in [0.25, 0.3) is 10.9 Å². The van der Waals surface area contributed by atoms with Crippen molar-refractivity contribution in [2.24, 2.45) is 0 Å². The predicted octanol–water partition coefficient (Wildman–Crippen LogP) is 3.72. The van der Waals surface area contributed by atoms with E-state index in [-0.39, 0.29) is 5.56 Å². The number of aryl methyl sites for hydroxylation is 2. The van der Waals surface area contributed by atoms with Crippen LogP contribution in [-0.2, 0) is 6.54 Å². The molecule has 6 heteroatoms.